The van der Waals surface area contributed by atoms with Crippen LogP contribution < -0.4 is 10.2 Å². The van der Waals surface area contributed by atoms with Crippen molar-refractivity contribution in [3.05, 3.63) is 90.3 Å². The number of hydrogen-bond acceptors (Lipinski definition) is 4. The van der Waals surface area contributed by atoms with Gasteiger partial charge in [0, 0.05) is 35.1 Å². The van der Waals surface area contributed by atoms with E-state index < -0.39 is 0 Å². The van der Waals surface area contributed by atoms with Crippen molar-refractivity contribution >= 4 is 34.0 Å². The van der Waals surface area contributed by atoms with Crippen LogP contribution in [-0.2, 0) is 6.42 Å². The molecular weight excluding hydrogens is 360 g/mol. The zero-order chi connectivity index (χ0) is 19.8. The molecule has 0 aliphatic carbocycles. The average molecular weight is 380 g/mol. The largest absolute Gasteiger partial charge is 0.323 e. The van der Waals surface area contributed by atoms with E-state index in [9.17, 15) is 4.79 Å². The average Bonchev–Trinajstić information content (AvgIpc) is 3.10. The lowest BCUT2D eigenvalue weighted by atomic mass is 10.1. The zero-order valence-electron chi connectivity index (χ0n) is 16.0. The lowest BCUT2D eigenvalue weighted by molar-refractivity contribution is 0.102. The van der Waals surface area contributed by atoms with Gasteiger partial charge in [-0.15, -0.1) is 0 Å². The SMILES string of the molecule is CC1Cc2ccccc2N1c1cc(C(=O)Nc2cccc3cccnc23)ccn1. The number of hydrogen-bond donors (Lipinski definition) is 1. The Morgan fingerprint density at radius 3 is 2.79 bits per heavy atom. The Hall–Kier alpha value is -3.73. The molecule has 5 rings (SSSR count). The van der Waals surface area contributed by atoms with Gasteiger partial charge in [0.1, 0.15) is 5.82 Å². The molecule has 0 saturated heterocycles. The smallest absolute Gasteiger partial charge is 0.255 e. The van der Waals surface area contributed by atoms with E-state index in [4.69, 9.17) is 0 Å². The molecule has 29 heavy (non-hydrogen) atoms. The predicted molar refractivity (Wildman–Crippen MR) is 116 cm³/mol. The van der Waals surface area contributed by atoms with Gasteiger partial charge in [0.05, 0.1) is 11.2 Å². The first kappa shape index (κ1) is 17.4. The molecule has 0 saturated carbocycles. The molecule has 1 aliphatic heterocycles. The van der Waals surface area contributed by atoms with E-state index in [1.165, 1.54) is 5.56 Å². The van der Waals surface area contributed by atoms with Crippen LogP contribution >= 0.6 is 0 Å². The van der Waals surface area contributed by atoms with Crippen LogP contribution in [0.3, 0.4) is 0 Å². The van der Waals surface area contributed by atoms with Crippen LogP contribution in [-0.4, -0.2) is 21.9 Å². The van der Waals surface area contributed by atoms with E-state index in [2.05, 4.69) is 45.3 Å². The summed E-state index contributed by atoms with van der Waals surface area (Å²) in [6.45, 7) is 2.18. The number of anilines is 3. The van der Waals surface area contributed by atoms with Gasteiger partial charge in [0.25, 0.3) is 5.91 Å². The Labute approximate surface area is 169 Å². The topological polar surface area (TPSA) is 58.1 Å². The van der Waals surface area contributed by atoms with E-state index in [1.807, 2.05) is 42.5 Å². The zero-order valence-corrected chi connectivity index (χ0v) is 16.0. The molecule has 5 heteroatoms. The second-order valence-electron chi connectivity index (χ2n) is 7.29. The van der Waals surface area contributed by atoms with Gasteiger partial charge >= 0.3 is 0 Å². The molecule has 4 aromatic rings. The van der Waals surface area contributed by atoms with Crippen molar-refractivity contribution in [2.45, 2.75) is 19.4 Å². The van der Waals surface area contributed by atoms with E-state index in [-0.39, 0.29) is 5.91 Å². The number of rotatable bonds is 3. The summed E-state index contributed by atoms with van der Waals surface area (Å²) in [7, 11) is 0. The van der Waals surface area contributed by atoms with Gasteiger partial charge in [-0.2, -0.15) is 0 Å². The highest BCUT2D eigenvalue weighted by molar-refractivity contribution is 6.08. The molecule has 0 fully saturated rings. The van der Waals surface area contributed by atoms with Crippen LogP contribution in [0.25, 0.3) is 10.9 Å². The Bertz CT molecular complexity index is 1210. The molecule has 0 bridgehead atoms. The fourth-order valence-corrected chi connectivity index (χ4v) is 4.01. The number of para-hydroxylation sites is 2. The van der Waals surface area contributed by atoms with E-state index in [1.54, 1.807) is 18.5 Å². The summed E-state index contributed by atoms with van der Waals surface area (Å²) in [4.78, 5) is 24.1. The highest BCUT2D eigenvalue weighted by Crippen LogP contribution is 2.37. The minimum absolute atomic E-state index is 0.174. The van der Waals surface area contributed by atoms with Crippen molar-refractivity contribution in [2.24, 2.45) is 0 Å². The number of fused-ring (bicyclic) bond motifs is 2. The summed E-state index contributed by atoms with van der Waals surface area (Å²) in [5.41, 5.74) is 4.51. The number of aromatic nitrogens is 2. The molecule has 142 valence electrons. The number of benzene rings is 2. The Morgan fingerprint density at radius 2 is 1.86 bits per heavy atom. The summed E-state index contributed by atoms with van der Waals surface area (Å²) in [6, 6.07) is 21.9. The minimum atomic E-state index is -0.174. The fraction of sp³-hybridized carbons (Fsp3) is 0.125. The molecule has 1 aliphatic rings. The minimum Gasteiger partial charge on any atom is -0.323 e. The monoisotopic (exact) mass is 380 g/mol. The summed E-state index contributed by atoms with van der Waals surface area (Å²) < 4.78 is 0. The summed E-state index contributed by atoms with van der Waals surface area (Å²) in [5, 5.41) is 3.99. The Balaban J connectivity index is 1.46. The van der Waals surface area contributed by atoms with Crippen molar-refractivity contribution in [1.82, 2.24) is 9.97 Å². The molecule has 3 heterocycles. The first-order valence-electron chi connectivity index (χ1n) is 9.69. The van der Waals surface area contributed by atoms with E-state index >= 15 is 0 Å². The third-order valence-electron chi connectivity index (χ3n) is 5.34. The van der Waals surface area contributed by atoms with Crippen LogP contribution in [0, 0.1) is 0 Å². The molecule has 1 N–H and O–H groups in total. The lowest BCUT2D eigenvalue weighted by Gasteiger charge is -2.24. The van der Waals surface area contributed by atoms with E-state index in [0.717, 1.165) is 28.8 Å². The summed E-state index contributed by atoms with van der Waals surface area (Å²) in [6.07, 6.45) is 4.39. The van der Waals surface area contributed by atoms with Gasteiger partial charge in [0.15, 0.2) is 0 Å². The first-order chi connectivity index (χ1) is 14.2. The van der Waals surface area contributed by atoms with Crippen LogP contribution in [0.1, 0.15) is 22.8 Å². The normalized spacial score (nSPS) is 15.3. The van der Waals surface area contributed by atoms with E-state index in [0.29, 0.717) is 17.3 Å². The molecule has 1 unspecified atom stereocenters. The number of carbonyl (C=O) groups is 1. The lowest BCUT2D eigenvalue weighted by Crippen LogP contribution is -2.25. The van der Waals surface area contributed by atoms with Gasteiger partial charge in [-0.05, 0) is 49.2 Å². The molecule has 0 spiro atoms. The van der Waals surface area contributed by atoms with Crippen LogP contribution in [0.2, 0.25) is 0 Å². The standard InChI is InChI=1S/C24H20N4O/c1-16-14-18-6-2-3-10-21(18)28(16)22-15-19(11-13-25-22)24(29)27-20-9-4-7-17-8-5-12-26-23(17)20/h2-13,15-16H,14H2,1H3,(H,27,29). The van der Waals surface area contributed by atoms with Crippen molar-refractivity contribution < 1.29 is 4.79 Å². The maximum atomic E-state index is 13.0. The number of nitrogens with one attached hydrogen (secondary N) is 1. The Morgan fingerprint density at radius 1 is 1.00 bits per heavy atom. The van der Waals surface area contributed by atoms with Crippen molar-refractivity contribution in [1.29, 1.82) is 0 Å². The number of nitrogens with zero attached hydrogens (tertiary/aromatic N) is 3. The van der Waals surface area contributed by atoms with Gasteiger partial charge in [0.2, 0.25) is 0 Å². The van der Waals surface area contributed by atoms with Crippen LogP contribution in [0.5, 0.6) is 0 Å². The number of carbonyl (C=O) groups excluding carboxylic acids is 1. The molecular formula is C24H20N4O. The van der Waals surface area contributed by atoms with Crippen molar-refractivity contribution in [3.63, 3.8) is 0 Å². The van der Waals surface area contributed by atoms with Gasteiger partial charge in [-0.25, -0.2) is 4.98 Å². The van der Waals surface area contributed by atoms with Crippen molar-refractivity contribution in [3.8, 4) is 0 Å². The molecule has 0 radical (unpaired) electrons. The quantitative estimate of drug-likeness (QED) is 0.545. The van der Waals surface area contributed by atoms with Gasteiger partial charge in [-0.3, -0.25) is 9.78 Å². The summed E-state index contributed by atoms with van der Waals surface area (Å²) in [5.74, 6) is 0.609. The number of pyridine rings is 2. The molecule has 1 amide bonds. The second kappa shape index (κ2) is 7.02. The Kier molecular flexibility index (Phi) is 4.21. The second-order valence-corrected chi connectivity index (χ2v) is 7.29. The molecule has 2 aromatic carbocycles. The molecule has 2 aromatic heterocycles. The van der Waals surface area contributed by atoms with Crippen LogP contribution in [0.15, 0.2) is 79.1 Å². The van der Waals surface area contributed by atoms with Gasteiger partial charge < -0.3 is 10.2 Å². The first-order valence-corrected chi connectivity index (χ1v) is 9.69. The maximum Gasteiger partial charge on any atom is 0.255 e. The maximum absolute atomic E-state index is 13.0. The third kappa shape index (κ3) is 3.10. The van der Waals surface area contributed by atoms with Crippen molar-refractivity contribution in [2.75, 3.05) is 10.2 Å². The van der Waals surface area contributed by atoms with Crippen LogP contribution in [0.4, 0.5) is 17.2 Å². The molecule has 1 atom stereocenters. The van der Waals surface area contributed by atoms with Gasteiger partial charge in [-0.1, -0.05) is 36.4 Å². The number of amides is 1. The highest BCUT2D eigenvalue weighted by atomic mass is 16.1. The molecule has 5 nitrogen and oxygen atoms in total. The third-order valence-corrected chi connectivity index (χ3v) is 5.34. The predicted octanol–water partition coefficient (Wildman–Crippen LogP) is 4.96. The highest BCUT2D eigenvalue weighted by Gasteiger charge is 2.28. The fourth-order valence-electron chi connectivity index (χ4n) is 4.01. The summed E-state index contributed by atoms with van der Waals surface area (Å²) >= 11 is 0.